The molecule has 3 aromatic rings. The van der Waals surface area contributed by atoms with Crippen LogP contribution in [0.4, 0.5) is 17.1 Å². The number of aromatic hydroxyl groups is 2. The number of ketones is 2. The lowest BCUT2D eigenvalue weighted by Crippen LogP contribution is -2.23. The highest BCUT2D eigenvalue weighted by Crippen LogP contribution is 2.43. The van der Waals surface area contributed by atoms with E-state index in [9.17, 15) is 35.0 Å². The van der Waals surface area contributed by atoms with Gasteiger partial charge in [0.1, 0.15) is 17.1 Å². The lowest BCUT2D eigenvalue weighted by molar-refractivity contribution is -0.385. The van der Waals surface area contributed by atoms with E-state index < -0.39 is 44.8 Å². The summed E-state index contributed by atoms with van der Waals surface area (Å²) >= 11 is 0. The number of fused-ring (bicyclic) bond motifs is 2. The van der Waals surface area contributed by atoms with E-state index >= 15 is 0 Å². The molecular formula is C21H14N2O7. The van der Waals surface area contributed by atoms with Crippen LogP contribution in [0.2, 0.25) is 0 Å². The average Bonchev–Trinajstić information content (AvgIpc) is 2.72. The van der Waals surface area contributed by atoms with Crippen molar-refractivity contribution in [3.05, 3.63) is 86.5 Å². The molecule has 0 saturated heterocycles. The van der Waals surface area contributed by atoms with Gasteiger partial charge in [-0.25, -0.2) is 0 Å². The number of aliphatic hydroxyl groups excluding tert-OH is 1. The van der Waals surface area contributed by atoms with Gasteiger partial charge < -0.3 is 20.6 Å². The number of carbonyl (C=O) groups is 2. The Morgan fingerprint density at radius 3 is 2.17 bits per heavy atom. The van der Waals surface area contributed by atoms with Crippen molar-refractivity contribution < 1.29 is 29.8 Å². The predicted octanol–water partition coefficient (Wildman–Crippen LogP) is 3.02. The Morgan fingerprint density at radius 2 is 1.50 bits per heavy atom. The van der Waals surface area contributed by atoms with Gasteiger partial charge in [-0.2, -0.15) is 0 Å². The number of hydrogen-bond acceptors (Lipinski definition) is 8. The number of carbonyl (C=O) groups excluding carboxylic acids is 2. The molecular weight excluding hydrogens is 392 g/mol. The van der Waals surface area contributed by atoms with Crippen LogP contribution in [0.15, 0.2) is 48.5 Å². The van der Waals surface area contributed by atoms with Crippen molar-refractivity contribution in [2.75, 3.05) is 5.32 Å². The normalized spacial score (nSPS) is 12.3. The van der Waals surface area contributed by atoms with Crippen LogP contribution >= 0.6 is 0 Å². The third-order valence-electron chi connectivity index (χ3n) is 4.84. The number of phenolic OH excluding ortho intramolecular Hbond substituents is 2. The molecule has 0 spiro atoms. The highest BCUT2D eigenvalue weighted by Gasteiger charge is 2.40. The molecule has 4 rings (SSSR count). The molecule has 1 aliphatic carbocycles. The first-order chi connectivity index (χ1) is 14.3. The Hall–Kier alpha value is -4.24. The molecule has 0 aromatic heterocycles. The third kappa shape index (κ3) is 2.85. The van der Waals surface area contributed by atoms with Gasteiger partial charge in [0.2, 0.25) is 11.6 Å². The maximum atomic E-state index is 13.3. The molecule has 0 radical (unpaired) electrons. The van der Waals surface area contributed by atoms with E-state index in [1.54, 1.807) is 24.3 Å². The Balaban J connectivity index is 1.94. The minimum absolute atomic E-state index is 0.138. The smallest absolute Gasteiger partial charge is 0.281 e. The van der Waals surface area contributed by atoms with Crippen LogP contribution in [0.25, 0.3) is 0 Å². The first-order valence-electron chi connectivity index (χ1n) is 8.76. The molecule has 9 nitrogen and oxygen atoms in total. The molecule has 0 saturated carbocycles. The molecule has 150 valence electrons. The molecule has 0 aliphatic heterocycles. The summed E-state index contributed by atoms with van der Waals surface area (Å²) in [5, 5.41) is 44.1. The number of hydrogen-bond donors (Lipinski definition) is 4. The average molecular weight is 406 g/mol. The summed E-state index contributed by atoms with van der Waals surface area (Å²) in [6.45, 7) is -0.209. The van der Waals surface area contributed by atoms with E-state index in [1.165, 1.54) is 12.1 Å². The van der Waals surface area contributed by atoms with Crippen LogP contribution in [0, 0.1) is 10.1 Å². The topological polar surface area (TPSA) is 150 Å². The molecule has 3 aromatic carbocycles. The fourth-order valence-electron chi connectivity index (χ4n) is 3.51. The molecule has 4 N–H and O–H groups in total. The predicted molar refractivity (Wildman–Crippen MR) is 105 cm³/mol. The van der Waals surface area contributed by atoms with Crippen LogP contribution < -0.4 is 5.32 Å². The first-order valence-corrected chi connectivity index (χ1v) is 8.76. The van der Waals surface area contributed by atoms with Gasteiger partial charge in [-0.15, -0.1) is 0 Å². The summed E-state index contributed by atoms with van der Waals surface area (Å²) in [5.74, 6) is -2.85. The zero-order chi connectivity index (χ0) is 21.6. The summed E-state index contributed by atoms with van der Waals surface area (Å²) in [5.41, 5.74) is -1.04. The molecule has 0 atom stereocenters. The van der Waals surface area contributed by atoms with Gasteiger partial charge >= 0.3 is 0 Å². The van der Waals surface area contributed by atoms with Crippen molar-refractivity contribution in [2.24, 2.45) is 0 Å². The van der Waals surface area contributed by atoms with E-state index in [4.69, 9.17) is 0 Å². The number of benzene rings is 3. The molecule has 0 bridgehead atoms. The second kappa shape index (κ2) is 6.98. The Bertz CT molecular complexity index is 1250. The minimum atomic E-state index is -0.897. The number of aliphatic hydroxyl groups is 1. The standard InChI is InChI=1S/C21H14N2O7/c24-9-10-2-1-3-11(8-10)22-12-4-6-14(25)18-16(12)20(27)17-13(23(29)30)5-7-15(26)19(17)21(18)28/h1-8,22,24-26H,9H2. The number of nitrogens with one attached hydrogen (secondary N) is 1. The van der Waals surface area contributed by atoms with Crippen molar-refractivity contribution in [3.8, 4) is 11.5 Å². The lowest BCUT2D eigenvalue weighted by atomic mass is 9.81. The summed E-state index contributed by atoms with van der Waals surface area (Å²) < 4.78 is 0. The van der Waals surface area contributed by atoms with E-state index in [2.05, 4.69) is 5.32 Å². The van der Waals surface area contributed by atoms with Crippen molar-refractivity contribution in [2.45, 2.75) is 6.61 Å². The van der Waals surface area contributed by atoms with E-state index in [-0.39, 0.29) is 23.4 Å². The molecule has 0 fully saturated rings. The maximum Gasteiger partial charge on any atom is 0.281 e. The van der Waals surface area contributed by atoms with Crippen LogP contribution in [0.5, 0.6) is 11.5 Å². The molecule has 9 heteroatoms. The van der Waals surface area contributed by atoms with Crippen LogP contribution in [-0.4, -0.2) is 31.8 Å². The molecule has 0 heterocycles. The Kier molecular flexibility index (Phi) is 4.44. The number of nitro groups is 1. The monoisotopic (exact) mass is 406 g/mol. The highest BCUT2D eigenvalue weighted by atomic mass is 16.6. The minimum Gasteiger partial charge on any atom is -0.507 e. The zero-order valence-electron chi connectivity index (χ0n) is 15.2. The first kappa shape index (κ1) is 19.1. The SMILES string of the molecule is O=C1c2c(O)ccc(Nc3cccc(CO)c3)c2C(=O)c2c([N+](=O)[O-])ccc(O)c21. The fourth-order valence-corrected chi connectivity index (χ4v) is 3.51. The largest absolute Gasteiger partial charge is 0.507 e. The quantitative estimate of drug-likeness (QED) is 0.229. The molecule has 0 unspecified atom stereocenters. The van der Waals surface area contributed by atoms with E-state index in [1.807, 2.05) is 0 Å². The van der Waals surface area contributed by atoms with Gasteiger partial charge in [0, 0.05) is 11.8 Å². The van der Waals surface area contributed by atoms with Crippen LogP contribution in [-0.2, 0) is 6.61 Å². The van der Waals surface area contributed by atoms with Gasteiger partial charge in [-0.1, -0.05) is 12.1 Å². The fraction of sp³-hybridized carbons (Fsp3) is 0.0476. The van der Waals surface area contributed by atoms with Crippen molar-refractivity contribution in [3.63, 3.8) is 0 Å². The lowest BCUT2D eigenvalue weighted by Gasteiger charge is -2.22. The van der Waals surface area contributed by atoms with Crippen LogP contribution in [0.3, 0.4) is 0 Å². The van der Waals surface area contributed by atoms with Gasteiger partial charge in [-0.05, 0) is 35.9 Å². The zero-order valence-corrected chi connectivity index (χ0v) is 15.2. The van der Waals surface area contributed by atoms with Gasteiger partial charge in [0.15, 0.2) is 0 Å². The number of nitrogens with zero attached hydrogens (tertiary/aromatic N) is 1. The van der Waals surface area contributed by atoms with E-state index in [0.29, 0.717) is 11.3 Å². The van der Waals surface area contributed by atoms with Gasteiger partial charge in [0.05, 0.1) is 33.9 Å². The summed E-state index contributed by atoms with van der Waals surface area (Å²) in [6, 6.07) is 11.1. The number of phenols is 2. The second-order valence-corrected chi connectivity index (χ2v) is 6.63. The van der Waals surface area contributed by atoms with Gasteiger partial charge in [0.25, 0.3) is 5.69 Å². The maximum absolute atomic E-state index is 13.3. The molecule has 30 heavy (non-hydrogen) atoms. The summed E-state index contributed by atoms with van der Waals surface area (Å²) in [7, 11) is 0. The molecule has 0 amide bonds. The summed E-state index contributed by atoms with van der Waals surface area (Å²) in [6.07, 6.45) is 0. The van der Waals surface area contributed by atoms with E-state index in [0.717, 1.165) is 12.1 Å². The Morgan fingerprint density at radius 1 is 0.867 bits per heavy atom. The Labute approximate surface area is 169 Å². The van der Waals surface area contributed by atoms with Crippen molar-refractivity contribution in [1.29, 1.82) is 0 Å². The number of nitro benzene ring substituents is 1. The van der Waals surface area contributed by atoms with Crippen LogP contribution in [0.1, 0.15) is 37.4 Å². The molecule has 1 aliphatic rings. The van der Waals surface area contributed by atoms with Crippen molar-refractivity contribution >= 4 is 28.6 Å². The van der Waals surface area contributed by atoms with Crippen molar-refractivity contribution in [1.82, 2.24) is 0 Å². The summed E-state index contributed by atoms with van der Waals surface area (Å²) in [4.78, 5) is 36.9. The number of anilines is 2. The number of rotatable bonds is 4. The second-order valence-electron chi connectivity index (χ2n) is 6.63. The highest BCUT2D eigenvalue weighted by molar-refractivity contribution is 6.33. The third-order valence-corrected chi connectivity index (χ3v) is 4.84. The van der Waals surface area contributed by atoms with Gasteiger partial charge in [-0.3, -0.25) is 19.7 Å².